The predicted octanol–water partition coefficient (Wildman–Crippen LogP) is 3.32. The van der Waals surface area contributed by atoms with Crippen LogP contribution < -0.4 is 4.74 Å². The van der Waals surface area contributed by atoms with Gasteiger partial charge in [-0.05, 0) is 54.7 Å². The Morgan fingerprint density at radius 2 is 2.17 bits per heavy atom. The summed E-state index contributed by atoms with van der Waals surface area (Å²) in [7, 11) is 3.32. The molecule has 1 aliphatic carbocycles. The van der Waals surface area contributed by atoms with E-state index in [9.17, 15) is 19.6 Å². The summed E-state index contributed by atoms with van der Waals surface area (Å²) in [5, 5.41) is 20.3. The summed E-state index contributed by atoms with van der Waals surface area (Å²) in [6.45, 7) is 1.58. The average molecular weight is 490 g/mol. The van der Waals surface area contributed by atoms with Gasteiger partial charge in [0.05, 0.1) is 31.0 Å². The van der Waals surface area contributed by atoms with E-state index in [1.165, 1.54) is 19.2 Å². The maximum Gasteiger partial charge on any atom is 0.236 e. The molecular formula is C27H28FN5O3. The highest BCUT2D eigenvalue weighted by Crippen LogP contribution is 2.39. The summed E-state index contributed by atoms with van der Waals surface area (Å²) in [5.74, 6) is 0.160. The van der Waals surface area contributed by atoms with Gasteiger partial charge in [0.2, 0.25) is 5.91 Å². The summed E-state index contributed by atoms with van der Waals surface area (Å²) in [4.78, 5) is 24.2. The number of benzene rings is 1. The van der Waals surface area contributed by atoms with E-state index in [2.05, 4.69) is 20.9 Å². The van der Waals surface area contributed by atoms with Crippen LogP contribution in [0.1, 0.15) is 30.5 Å². The van der Waals surface area contributed by atoms with Gasteiger partial charge < -0.3 is 19.7 Å². The van der Waals surface area contributed by atoms with Crippen LogP contribution >= 0.6 is 0 Å². The number of halogens is 1. The summed E-state index contributed by atoms with van der Waals surface area (Å²) in [6, 6.07) is 8.51. The number of nitrogens with one attached hydrogen (secondary N) is 1. The first-order valence-electron chi connectivity index (χ1n) is 12.0. The number of aromatic nitrogens is 2. The van der Waals surface area contributed by atoms with Crippen molar-refractivity contribution in [3.05, 3.63) is 53.6 Å². The number of fused-ring (bicyclic) bond motifs is 1. The highest BCUT2D eigenvalue weighted by Gasteiger charge is 2.33. The molecule has 1 aromatic carbocycles. The number of hydrogen-bond acceptors (Lipinski definition) is 6. The summed E-state index contributed by atoms with van der Waals surface area (Å²) < 4.78 is 19.6. The number of H-pyrrole nitrogens is 1. The van der Waals surface area contributed by atoms with E-state index in [4.69, 9.17) is 4.74 Å². The molecule has 2 aliphatic rings. The first kappa shape index (κ1) is 24.0. The molecule has 0 saturated heterocycles. The Morgan fingerprint density at radius 1 is 1.36 bits per heavy atom. The first-order chi connectivity index (χ1) is 17.4. The molecule has 0 radical (unpaired) electrons. The van der Waals surface area contributed by atoms with Gasteiger partial charge in [-0.1, -0.05) is 6.08 Å². The van der Waals surface area contributed by atoms with Crippen LogP contribution in [-0.4, -0.2) is 76.7 Å². The molecule has 1 amide bonds. The zero-order valence-corrected chi connectivity index (χ0v) is 20.3. The van der Waals surface area contributed by atoms with Crippen LogP contribution in [0.5, 0.6) is 5.75 Å². The van der Waals surface area contributed by atoms with E-state index in [1.807, 2.05) is 6.08 Å². The van der Waals surface area contributed by atoms with Crippen molar-refractivity contribution in [2.75, 3.05) is 33.8 Å². The van der Waals surface area contributed by atoms with Gasteiger partial charge in [-0.2, -0.15) is 5.26 Å². The molecule has 36 heavy (non-hydrogen) atoms. The second-order valence-corrected chi connectivity index (χ2v) is 9.41. The number of carbonyl (C=O) groups excluding carboxylic acids is 1. The van der Waals surface area contributed by atoms with Crippen LogP contribution in [0.15, 0.2) is 36.5 Å². The van der Waals surface area contributed by atoms with Crippen molar-refractivity contribution in [2.24, 2.45) is 0 Å². The van der Waals surface area contributed by atoms with E-state index in [1.54, 1.807) is 30.3 Å². The lowest BCUT2D eigenvalue weighted by atomic mass is 9.88. The van der Waals surface area contributed by atoms with Crippen molar-refractivity contribution in [3.63, 3.8) is 0 Å². The molecule has 3 aromatic rings. The van der Waals surface area contributed by atoms with Crippen LogP contribution in [0.2, 0.25) is 0 Å². The third-order valence-corrected chi connectivity index (χ3v) is 7.26. The van der Waals surface area contributed by atoms with Crippen molar-refractivity contribution >= 4 is 22.5 Å². The van der Waals surface area contributed by atoms with E-state index in [-0.39, 0.29) is 18.1 Å². The largest absolute Gasteiger partial charge is 0.496 e. The number of carbonyl (C=O) groups is 1. The molecule has 0 bridgehead atoms. The number of likely N-dealkylation sites (N-methyl/N-ethyl adjacent to an activating group) is 1. The fourth-order valence-electron chi connectivity index (χ4n) is 5.05. The Labute approximate surface area is 208 Å². The van der Waals surface area contributed by atoms with Crippen molar-refractivity contribution in [1.82, 2.24) is 19.8 Å². The lowest BCUT2D eigenvalue weighted by molar-refractivity contribution is -0.136. The maximum atomic E-state index is 14.1. The van der Waals surface area contributed by atoms with Gasteiger partial charge in [-0.25, -0.2) is 9.37 Å². The lowest BCUT2D eigenvalue weighted by Crippen LogP contribution is -2.50. The minimum Gasteiger partial charge on any atom is -0.496 e. The summed E-state index contributed by atoms with van der Waals surface area (Å²) >= 11 is 0. The number of nitriles is 1. The molecule has 0 atom stereocenters. The number of aliphatic hydroxyl groups is 1. The third-order valence-electron chi connectivity index (χ3n) is 7.26. The van der Waals surface area contributed by atoms with Gasteiger partial charge in [-0.15, -0.1) is 0 Å². The van der Waals surface area contributed by atoms with Crippen LogP contribution in [0, 0.1) is 17.1 Å². The van der Waals surface area contributed by atoms with Gasteiger partial charge in [0.1, 0.15) is 23.3 Å². The molecular weight excluding hydrogens is 461 g/mol. The van der Waals surface area contributed by atoms with E-state index >= 15 is 0 Å². The average Bonchev–Trinajstić information content (AvgIpc) is 3.25. The second-order valence-electron chi connectivity index (χ2n) is 9.41. The lowest BCUT2D eigenvalue weighted by Gasteiger charge is -2.39. The van der Waals surface area contributed by atoms with Crippen LogP contribution in [0.4, 0.5) is 4.39 Å². The Hall–Kier alpha value is -3.74. The number of nitrogens with zero attached hydrogens (tertiary/aromatic N) is 4. The number of amides is 1. The van der Waals surface area contributed by atoms with Crippen molar-refractivity contribution in [2.45, 2.75) is 31.4 Å². The summed E-state index contributed by atoms with van der Waals surface area (Å²) in [5.41, 5.74) is 3.92. The van der Waals surface area contributed by atoms with Crippen molar-refractivity contribution in [3.8, 4) is 22.9 Å². The minimum atomic E-state index is -0.395. The van der Waals surface area contributed by atoms with Gasteiger partial charge in [0, 0.05) is 43.3 Å². The second kappa shape index (κ2) is 9.72. The molecule has 5 rings (SSSR count). The van der Waals surface area contributed by atoms with Gasteiger partial charge >= 0.3 is 0 Å². The highest BCUT2D eigenvalue weighted by atomic mass is 19.1. The smallest absolute Gasteiger partial charge is 0.236 e. The van der Waals surface area contributed by atoms with E-state index < -0.39 is 5.82 Å². The van der Waals surface area contributed by atoms with E-state index in [0.29, 0.717) is 78.1 Å². The Balaban J connectivity index is 1.41. The SMILES string of the molecule is COc1ccc(F)cc1-c1ccnc2[nH]c(C3=CCN(CC(=O)N(C)C4CC(O)C4)CC3)c(C#N)c12. The molecule has 0 unspecified atom stereocenters. The number of ether oxygens (including phenoxy) is 1. The van der Waals surface area contributed by atoms with Crippen LogP contribution in [0.25, 0.3) is 27.7 Å². The molecule has 1 saturated carbocycles. The Morgan fingerprint density at radius 3 is 2.83 bits per heavy atom. The Bertz CT molecular complexity index is 1390. The fourth-order valence-corrected chi connectivity index (χ4v) is 5.05. The van der Waals surface area contributed by atoms with E-state index in [0.717, 1.165) is 5.57 Å². The fraction of sp³-hybridized carbons (Fsp3) is 0.370. The normalized spacial score (nSPS) is 19.9. The van der Waals surface area contributed by atoms with Crippen LogP contribution in [0.3, 0.4) is 0 Å². The monoisotopic (exact) mass is 489 g/mol. The molecule has 3 heterocycles. The Kier molecular flexibility index (Phi) is 6.48. The molecule has 2 N–H and O–H groups in total. The number of methoxy groups -OCH3 is 1. The number of pyridine rings is 1. The molecule has 1 aliphatic heterocycles. The molecule has 0 spiro atoms. The van der Waals surface area contributed by atoms with Crippen molar-refractivity contribution in [1.29, 1.82) is 5.26 Å². The third kappa shape index (κ3) is 4.34. The number of rotatable bonds is 6. The number of aromatic amines is 1. The topological polar surface area (TPSA) is 105 Å². The predicted molar refractivity (Wildman–Crippen MR) is 134 cm³/mol. The van der Waals surface area contributed by atoms with Gasteiger partial charge in [0.25, 0.3) is 0 Å². The standard InChI is InChI=1S/C27H28FN5O3/c1-32(18-12-19(34)13-18)24(35)15-33-9-6-16(7-10-33)26-22(14-29)25-20(5-8-30-27(25)31-26)21-11-17(28)3-4-23(21)36-2/h3-6,8,11,18-19,34H,7,9-10,12-13,15H2,1-2H3,(H,30,31). The molecule has 8 nitrogen and oxygen atoms in total. The van der Waals surface area contributed by atoms with Gasteiger partial charge in [-0.3, -0.25) is 9.69 Å². The molecule has 1 fully saturated rings. The zero-order chi connectivity index (χ0) is 25.4. The van der Waals surface area contributed by atoms with Gasteiger partial charge in [0.15, 0.2) is 0 Å². The molecule has 2 aromatic heterocycles. The quantitative estimate of drug-likeness (QED) is 0.550. The summed E-state index contributed by atoms with van der Waals surface area (Å²) in [6.07, 6.45) is 5.32. The highest BCUT2D eigenvalue weighted by molar-refractivity contribution is 6.01. The van der Waals surface area contributed by atoms with Crippen molar-refractivity contribution < 1.29 is 19.0 Å². The molecule has 9 heteroatoms. The number of hydrogen-bond donors (Lipinski definition) is 2. The number of aliphatic hydroxyl groups excluding tert-OH is 1. The van der Waals surface area contributed by atoms with Crippen LogP contribution in [-0.2, 0) is 4.79 Å². The minimum absolute atomic E-state index is 0.0463. The maximum absolute atomic E-state index is 14.1. The first-order valence-corrected chi connectivity index (χ1v) is 12.0. The zero-order valence-electron chi connectivity index (χ0n) is 20.3. The molecule has 186 valence electrons.